The molecule has 1 N–H and O–H groups in total. The van der Waals surface area contributed by atoms with Gasteiger partial charge in [0.05, 0.1) is 31.2 Å². The molecule has 3 fully saturated rings. The lowest BCUT2D eigenvalue weighted by atomic mass is 9.82. The number of amides is 1. The molecule has 0 bridgehead atoms. The molecular formula is C26H33F4N5O2S. The third-order valence-electron chi connectivity index (χ3n) is 7.70. The summed E-state index contributed by atoms with van der Waals surface area (Å²) in [7, 11) is 0. The largest absolute Gasteiger partial charge is 0.381 e. The van der Waals surface area contributed by atoms with E-state index in [-0.39, 0.29) is 36.9 Å². The van der Waals surface area contributed by atoms with Crippen molar-refractivity contribution in [3.63, 3.8) is 0 Å². The van der Waals surface area contributed by atoms with Crippen molar-refractivity contribution < 1.29 is 27.1 Å². The van der Waals surface area contributed by atoms with Gasteiger partial charge in [-0.1, -0.05) is 11.3 Å². The SMILES string of the molecule is O=C(NCc1ncc(F)cc1F)c1cnc(N2CCC(N3CCC[C@@H](COCC4CC(F)(F)C4)C3)CC2)s1. The van der Waals surface area contributed by atoms with Gasteiger partial charge in [0.15, 0.2) is 5.13 Å². The van der Waals surface area contributed by atoms with Gasteiger partial charge in [-0.15, -0.1) is 0 Å². The van der Waals surface area contributed by atoms with E-state index < -0.39 is 17.6 Å². The third-order valence-corrected chi connectivity index (χ3v) is 8.76. The Morgan fingerprint density at radius 3 is 2.58 bits per heavy atom. The molecule has 3 aliphatic rings. The molecule has 1 amide bonds. The van der Waals surface area contributed by atoms with E-state index in [4.69, 9.17) is 4.74 Å². The number of hydrogen-bond acceptors (Lipinski definition) is 7. The minimum absolute atomic E-state index is 0.00119. The zero-order chi connectivity index (χ0) is 26.7. The second-order valence-electron chi connectivity index (χ2n) is 10.7. The molecule has 1 aliphatic carbocycles. The van der Waals surface area contributed by atoms with Crippen LogP contribution in [0.3, 0.4) is 0 Å². The summed E-state index contributed by atoms with van der Waals surface area (Å²) < 4.78 is 58.6. The number of carbonyl (C=O) groups is 1. The van der Waals surface area contributed by atoms with E-state index in [1.165, 1.54) is 17.5 Å². The van der Waals surface area contributed by atoms with Crippen molar-refractivity contribution in [1.29, 1.82) is 0 Å². The van der Waals surface area contributed by atoms with Gasteiger partial charge in [0.25, 0.3) is 5.91 Å². The van der Waals surface area contributed by atoms with E-state index in [0.717, 1.165) is 69.3 Å². The van der Waals surface area contributed by atoms with Crippen molar-refractivity contribution in [2.45, 2.75) is 57.0 Å². The van der Waals surface area contributed by atoms with Crippen LogP contribution in [0, 0.1) is 23.5 Å². The number of anilines is 1. The highest BCUT2D eigenvalue weighted by molar-refractivity contribution is 7.17. The standard InChI is InChI=1S/C26H33F4N5O2S/c27-19-8-21(28)22(31-11-19)12-32-24(36)23-13-33-25(38-23)34-6-3-20(4-7-34)35-5-1-2-17(14-35)15-37-16-18-9-26(29,30)10-18/h8,11,13,17-18,20H,1-7,9-10,12,14-16H2,(H,32,36)/t17-/m1/s1. The van der Waals surface area contributed by atoms with Crippen molar-refractivity contribution >= 4 is 22.4 Å². The van der Waals surface area contributed by atoms with Crippen molar-refractivity contribution in [3.8, 4) is 0 Å². The van der Waals surface area contributed by atoms with E-state index in [9.17, 15) is 22.4 Å². The summed E-state index contributed by atoms with van der Waals surface area (Å²) in [5.74, 6) is -3.98. The molecule has 0 radical (unpaired) electrons. The Balaban J connectivity index is 1.04. The van der Waals surface area contributed by atoms with Crippen LogP contribution in [0.5, 0.6) is 0 Å². The second-order valence-corrected chi connectivity index (χ2v) is 11.7. The Bertz CT molecular complexity index is 1100. The highest BCUT2D eigenvalue weighted by atomic mass is 32.1. The van der Waals surface area contributed by atoms with Crippen LogP contribution >= 0.6 is 11.3 Å². The van der Waals surface area contributed by atoms with Crippen LogP contribution in [-0.4, -0.2) is 72.1 Å². The number of aromatic nitrogens is 2. The average molecular weight is 556 g/mol. The van der Waals surface area contributed by atoms with Gasteiger partial charge in [0.1, 0.15) is 16.5 Å². The number of halogens is 4. The summed E-state index contributed by atoms with van der Waals surface area (Å²) in [5, 5.41) is 3.40. The number of thiazole rings is 1. The quantitative estimate of drug-likeness (QED) is 0.460. The maximum atomic E-state index is 13.8. The van der Waals surface area contributed by atoms with Crippen LogP contribution in [0.2, 0.25) is 0 Å². The van der Waals surface area contributed by atoms with Crippen molar-refractivity contribution in [3.05, 3.63) is 40.7 Å². The number of pyridine rings is 1. The molecule has 5 rings (SSSR count). The summed E-state index contributed by atoms with van der Waals surface area (Å²) in [5.41, 5.74) is -0.0268. The molecule has 1 atom stereocenters. The lowest BCUT2D eigenvalue weighted by Crippen LogP contribution is -2.49. The molecule has 2 aliphatic heterocycles. The van der Waals surface area contributed by atoms with E-state index in [1.807, 2.05) is 0 Å². The molecule has 2 saturated heterocycles. The molecule has 0 spiro atoms. The minimum Gasteiger partial charge on any atom is -0.381 e. The number of nitrogens with one attached hydrogen (secondary N) is 1. The summed E-state index contributed by atoms with van der Waals surface area (Å²) in [6.45, 7) is 4.69. The number of ether oxygens (including phenoxy) is 1. The highest BCUT2D eigenvalue weighted by Gasteiger charge is 2.45. The zero-order valence-corrected chi connectivity index (χ0v) is 22.0. The van der Waals surface area contributed by atoms with Crippen molar-refractivity contribution in [2.75, 3.05) is 44.3 Å². The van der Waals surface area contributed by atoms with Gasteiger partial charge >= 0.3 is 0 Å². The van der Waals surface area contributed by atoms with Gasteiger partial charge in [-0.05, 0) is 44.1 Å². The van der Waals surface area contributed by atoms with E-state index in [1.54, 1.807) is 0 Å². The Labute approximate surface area is 223 Å². The normalized spacial score (nSPS) is 22.8. The number of rotatable bonds is 9. The van der Waals surface area contributed by atoms with E-state index in [0.29, 0.717) is 30.1 Å². The van der Waals surface area contributed by atoms with Crippen LogP contribution in [-0.2, 0) is 11.3 Å². The van der Waals surface area contributed by atoms with Crippen LogP contribution in [0.15, 0.2) is 18.5 Å². The van der Waals surface area contributed by atoms with Gasteiger partial charge in [-0.2, -0.15) is 0 Å². The van der Waals surface area contributed by atoms with Crippen LogP contribution in [0.1, 0.15) is 53.9 Å². The van der Waals surface area contributed by atoms with Crippen LogP contribution in [0.4, 0.5) is 22.7 Å². The summed E-state index contributed by atoms with van der Waals surface area (Å²) in [6.07, 6.45) is 6.60. The minimum atomic E-state index is -2.49. The average Bonchev–Trinajstić information content (AvgIpc) is 3.38. The lowest BCUT2D eigenvalue weighted by molar-refractivity contribution is -0.130. The molecule has 1 saturated carbocycles. The number of hydrogen-bond donors (Lipinski definition) is 1. The summed E-state index contributed by atoms with van der Waals surface area (Å²) >= 11 is 1.30. The Hall–Kier alpha value is -2.31. The van der Waals surface area contributed by atoms with Crippen molar-refractivity contribution in [2.24, 2.45) is 11.8 Å². The summed E-state index contributed by atoms with van der Waals surface area (Å²) in [6, 6.07) is 1.22. The Kier molecular flexibility index (Phi) is 8.49. The van der Waals surface area contributed by atoms with Gasteiger partial charge in [-0.3, -0.25) is 14.7 Å². The second kappa shape index (κ2) is 11.8. The molecule has 38 heavy (non-hydrogen) atoms. The first kappa shape index (κ1) is 27.3. The van der Waals surface area contributed by atoms with Crippen molar-refractivity contribution in [1.82, 2.24) is 20.2 Å². The lowest BCUT2D eigenvalue weighted by Gasteiger charge is -2.42. The number of nitrogens with zero attached hydrogens (tertiary/aromatic N) is 4. The molecule has 0 unspecified atom stereocenters. The highest BCUT2D eigenvalue weighted by Crippen LogP contribution is 2.42. The number of alkyl halides is 2. The fraction of sp³-hybridized carbons (Fsp3) is 0.654. The molecular weight excluding hydrogens is 522 g/mol. The fourth-order valence-electron chi connectivity index (χ4n) is 5.63. The fourth-order valence-corrected chi connectivity index (χ4v) is 6.52. The summed E-state index contributed by atoms with van der Waals surface area (Å²) in [4.78, 5) is 25.8. The van der Waals surface area contributed by atoms with Gasteiger partial charge in [-0.25, -0.2) is 22.5 Å². The first-order chi connectivity index (χ1) is 18.3. The molecule has 208 valence electrons. The molecule has 4 heterocycles. The molecule has 2 aromatic heterocycles. The first-order valence-corrected chi connectivity index (χ1v) is 14.1. The monoisotopic (exact) mass is 555 g/mol. The third kappa shape index (κ3) is 6.81. The maximum Gasteiger partial charge on any atom is 0.263 e. The predicted molar refractivity (Wildman–Crippen MR) is 135 cm³/mol. The number of carbonyl (C=O) groups excluding carboxylic acids is 1. The molecule has 7 nitrogen and oxygen atoms in total. The molecule has 0 aromatic carbocycles. The van der Waals surface area contributed by atoms with Crippen LogP contribution in [0.25, 0.3) is 0 Å². The van der Waals surface area contributed by atoms with Gasteiger partial charge in [0, 0.05) is 51.2 Å². The number of piperidine rings is 2. The van der Waals surface area contributed by atoms with Gasteiger partial charge < -0.3 is 15.0 Å². The zero-order valence-electron chi connectivity index (χ0n) is 21.2. The number of likely N-dealkylation sites (tertiary alicyclic amines) is 1. The van der Waals surface area contributed by atoms with E-state index >= 15 is 0 Å². The Morgan fingerprint density at radius 2 is 1.84 bits per heavy atom. The first-order valence-electron chi connectivity index (χ1n) is 13.2. The maximum absolute atomic E-state index is 13.8. The van der Waals surface area contributed by atoms with E-state index in [2.05, 4.69) is 25.1 Å². The smallest absolute Gasteiger partial charge is 0.263 e. The molecule has 2 aromatic rings. The topological polar surface area (TPSA) is 70.6 Å². The Morgan fingerprint density at radius 1 is 1.08 bits per heavy atom. The predicted octanol–water partition coefficient (Wildman–Crippen LogP) is 4.49. The van der Waals surface area contributed by atoms with Crippen LogP contribution < -0.4 is 10.2 Å². The molecule has 12 heteroatoms. The van der Waals surface area contributed by atoms with Gasteiger partial charge in [0.2, 0.25) is 5.92 Å².